The SMILES string of the molecule is Cc1ccc(S(=O)(=O)N2CCC(O)CC2)cc1[N+](=O)[O-]. The zero-order chi connectivity index (χ0) is 14.9. The number of aliphatic hydroxyl groups excluding tert-OH is 1. The van der Waals surface area contributed by atoms with E-state index in [0.717, 1.165) is 6.07 Å². The molecule has 1 saturated heterocycles. The van der Waals surface area contributed by atoms with Crippen molar-refractivity contribution in [3.05, 3.63) is 33.9 Å². The van der Waals surface area contributed by atoms with E-state index in [-0.39, 0.29) is 23.7 Å². The van der Waals surface area contributed by atoms with Crippen LogP contribution in [-0.2, 0) is 10.0 Å². The lowest BCUT2D eigenvalue weighted by Crippen LogP contribution is -2.40. The molecular weight excluding hydrogens is 284 g/mol. The van der Waals surface area contributed by atoms with E-state index >= 15 is 0 Å². The van der Waals surface area contributed by atoms with Gasteiger partial charge in [-0.05, 0) is 25.8 Å². The standard InChI is InChI=1S/C12H16N2O5S/c1-9-2-3-11(8-12(9)14(16)17)20(18,19)13-6-4-10(15)5-7-13/h2-3,8,10,15H,4-7H2,1H3. The smallest absolute Gasteiger partial charge is 0.273 e. The number of hydrogen-bond acceptors (Lipinski definition) is 5. The Labute approximate surface area is 117 Å². The lowest BCUT2D eigenvalue weighted by Gasteiger charge is -2.28. The van der Waals surface area contributed by atoms with Gasteiger partial charge in [-0.3, -0.25) is 10.1 Å². The van der Waals surface area contributed by atoms with Crippen molar-refractivity contribution in [2.75, 3.05) is 13.1 Å². The number of piperidine rings is 1. The molecule has 1 aliphatic heterocycles. The van der Waals surface area contributed by atoms with E-state index in [4.69, 9.17) is 0 Å². The second kappa shape index (κ2) is 5.47. The van der Waals surface area contributed by atoms with E-state index in [2.05, 4.69) is 0 Å². The van der Waals surface area contributed by atoms with Crippen LogP contribution in [0.5, 0.6) is 0 Å². The Morgan fingerprint density at radius 1 is 1.35 bits per heavy atom. The van der Waals surface area contributed by atoms with Crippen molar-refractivity contribution in [1.82, 2.24) is 4.31 Å². The first-order chi connectivity index (χ1) is 9.32. The zero-order valence-corrected chi connectivity index (χ0v) is 11.8. The molecule has 1 fully saturated rings. The molecule has 0 atom stereocenters. The summed E-state index contributed by atoms with van der Waals surface area (Å²) in [7, 11) is -3.74. The first-order valence-electron chi connectivity index (χ1n) is 6.25. The number of hydrogen-bond donors (Lipinski definition) is 1. The third-order valence-corrected chi connectivity index (χ3v) is 5.33. The maximum Gasteiger partial charge on any atom is 0.273 e. The maximum absolute atomic E-state index is 12.4. The molecule has 0 unspecified atom stereocenters. The van der Waals surface area contributed by atoms with Gasteiger partial charge >= 0.3 is 0 Å². The van der Waals surface area contributed by atoms with Crippen molar-refractivity contribution in [2.24, 2.45) is 0 Å². The summed E-state index contributed by atoms with van der Waals surface area (Å²) in [6.07, 6.45) is 0.286. The van der Waals surface area contributed by atoms with Crippen LogP contribution in [0.4, 0.5) is 5.69 Å². The Hall–Kier alpha value is -1.51. The largest absolute Gasteiger partial charge is 0.393 e. The fraction of sp³-hybridized carbons (Fsp3) is 0.500. The molecule has 0 radical (unpaired) electrons. The first kappa shape index (κ1) is 14.9. The van der Waals surface area contributed by atoms with Gasteiger partial charge in [0.05, 0.1) is 15.9 Å². The zero-order valence-electron chi connectivity index (χ0n) is 11.0. The van der Waals surface area contributed by atoms with Gasteiger partial charge in [-0.1, -0.05) is 6.07 Å². The summed E-state index contributed by atoms with van der Waals surface area (Å²) >= 11 is 0. The van der Waals surface area contributed by atoms with Crippen molar-refractivity contribution in [1.29, 1.82) is 0 Å². The van der Waals surface area contributed by atoms with Crippen LogP contribution in [0.25, 0.3) is 0 Å². The molecule has 1 aromatic rings. The molecule has 8 heteroatoms. The van der Waals surface area contributed by atoms with Crippen LogP contribution >= 0.6 is 0 Å². The average molecular weight is 300 g/mol. The third kappa shape index (κ3) is 2.82. The summed E-state index contributed by atoms with van der Waals surface area (Å²) in [6, 6.07) is 3.90. The molecule has 0 aliphatic carbocycles. The van der Waals surface area contributed by atoms with Gasteiger partial charge in [0.2, 0.25) is 10.0 Å². The van der Waals surface area contributed by atoms with Crippen molar-refractivity contribution < 1.29 is 18.4 Å². The molecule has 1 aromatic carbocycles. The molecule has 1 N–H and O–H groups in total. The molecule has 0 aromatic heterocycles. The minimum atomic E-state index is -3.74. The topological polar surface area (TPSA) is 101 Å². The molecule has 0 spiro atoms. The van der Waals surface area contributed by atoms with Crippen molar-refractivity contribution in [2.45, 2.75) is 30.8 Å². The molecule has 1 heterocycles. The third-order valence-electron chi connectivity index (χ3n) is 3.44. The molecule has 110 valence electrons. The van der Waals surface area contributed by atoms with Crippen molar-refractivity contribution in [3.8, 4) is 0 Å². The Bertz CT molecular complexity index is 621. The number of rotatable bonds is 3. The monoisotopic (exact) mass is 300 g/mol. The Morgan fingerprint density at radius 3 is 2.50 bits per heavy atom. The van der Waals surface area contributed by atoms with Gasteiger partial charge in [-0.25, -0.2) is 8.42 Å². The summed E-state index contributed by atoms with van der Waals surface area (Å²) in [5, 5.41) is 20.3. The van der Waals surface area contributed by atoms with E-state index < -0.39 is 21.1 Å². The van der Waals surface area contributed by atoms with Gasteiger partial charge in [-0.15, -0.1) is 0 Å². The second-order valence-electron chi connectivity index (χ2n) is 4.84. The number of nitrogens with zero attached hydrogens (tertiary/aromatic N) is 2. The fourth-order valence-corrected chi connectivity index (χ4v) is 3.67. The highest BCUT2D eigenvalue weighted by Crippen LogP contribution is 2.26. The molecule has 0 saturated carbocycles. The number of sulfonamides is 1. The lowest BCUT2D eigenvalue weighted by molar-refractivity contribution is -0.385. The van der Waals surface area contributed by atoms with Crippen LogP contribution in [0.1, 0.15) is 18.4 Å². The first-order valence-corrected chi connectivity index (χ1v) is 7.69. The molecule has 0 amide bonds. The van der Waals surface area contributed by atoms with Crippen LogP contribution in [0.2, 0.25) is 0 Å². The number of aryl methyl sites for hydroxylation is 1. The van der Waals surface area contributed by atoms with Crippen LogP contribution in [0.15, 0.2) is 23.1 Å². The highest BCUT2D eigenvalue weighted by molar-refractivity contribution is 7.89. The van der Waals surface area contributed by atoms with E-state index in [1.807, 2.05) is 0 Å². The summed E-state index contributed by atoms with van der Waals surface area (Å²) < 4.78 is 26.1. The molecule has 7 nitrogen and oxygen atoms in total. The Morgan fingerprint density at radius 2 is 1.95 bits per heavy atom. The molecular formula is C12H16N2O5S. The van der Waals surface area contributed by atoms with Crippen LogP contribution in [0.3, 0.4) is 0 Å². The summed E-state index contributed by atoms with van der Waals surface area (Å²) in [4.78, 5) is 10.2. The maximum atomic E-state index is 12.4. The average Bonchev–Trinajstić information content (AvgIpc) is 2.39. The van der Waals surface area contributed by atoms with Crippen LogP contribution < -0.4 is 0 Å². The highest BCUT2D eigenvalue weighted by atomic mass is 32.2. The summed E-state index contributed by atoms with van der Waals surface area (Å²) in [6.45, 7) is 2.02. The number of nitro groups is 1. The lowest BCUT2D eigenvalue weighted by atomic mass is 10.1. The highest BCUT2D eigenvalue weighted by Gasteiger charge is 2.30. The predicted octanol–water partition coefficient (Wildman–Crippen LogP) is 1.05. The van der Waals surface area contributed by atoms with E-state index in [1.54, 1.807) is 6.92 Å². The molecule has 2 rings (SSSR count). The van der Waals surface area contributed by atoms with Crippen LogP contribution in [0, 0.1) is 17.0 Å². The Kier molecular flexibility index (Phi) is 4.07. The number of nitro benzene ring substituents is 1. The van der Waals surface area contributed by atoms with Gasteiger partial charge in [0.25, 0.3) is 5.69 Å². The Balaban J connectivity index is 2.35. The van der Waals surface area contributed by atoms with E-state index in [9.17, 15) is 23.6 Å². The van der Waals surface area contributed by atoms with Gasteiger partial charge in [0, 0.05) is 24.7 Å². The quantitative estimate of drug-likeness (QED) is 0.664. The molecule has 0 bridgehead atoms. The van der Waals surface area contributed by atoms with Gasteiger partial charge < -0.3 is 5.11 Å². The van der Waals surface area contributed by atoms with E-state index in [1.165, 1.54) is 16.4 Å². The van der Waals surface area contributed by atoms with Crippen LogP contribution in [-0.4, -0.2) is 41.9 Å². The van der Waals surface area contributed by atoms with Gasteiger partial charge in [0.15, 0.2) is 0 Å². The number of benzene rings is 1. The fourth-order valence-electron chi connectivity index (χ4n) is 2.18. The van der Waals surface area contributed by atoms with E-state index in [0.29, 0.717) is 18.4 Å². The number of aliphatic hydroxyl groups is 1. The minimum Gasteiger partial charge on any atom is -0.393 e. The normalized spacial score (nSPS) is 18.1. The second-order valence-corrected chi connectivity index (χ2v) is 6.78. The van der Waals surface area contributed by atoms with Crippen molar-refractivity contribution in [3.63, 3.8) is 0 Å². The summed E-state index contributed by atoms with van der Waals surface area (Å²) in [5.41, 5.74) is 0.214. The molecule has 20 heavy (non-hydrogen) atoms. The minimum absolute atomic E-state index is 0.0776. The summed E-state index contributed by atoms with van der Waals surface area (Å²) in [5.74, 6) is 0. The van der Waals surface area contributed by atoms with Gasteiger partial charge in [-0.2, -0.15) is 4.31 Å². The molecule has 1 aliphatic rings. The predicted molar refractivity (Wildman–Crippen MR) is 71.8 cm³/mol. The van der Waals surface area contributed by atoms with Gasteiger partial charge in [0.1, 0.15) is 0 Å². The van der Waals surface area contributed by atoms with Crippen molar-refractivity contribution >= 4 is 15.7 Å².